The summed E-state index contributed by atoms with van der Waals surface area (Å²) in [5.41, 5.74) is 0.0271. The largest absolute Gasteiger partial charge is 0.478 e. The quantitative estimate of drug-likeness (QED) is 0.922. The Morgan fingerprint density at radius 1 is 1.09 bits per heavy atom. The molecule has 2 aromatic rings. The molecule has 4 nitrogen and oxygen atoms in total. The van der Waals surface area contributed by atoms with E-state index in [0.29, 0.717) is 25.3 Å². The van der Waals surface area contributed by atoms with Gasteiger partial charge in [0.25, 0.3) is 0 Å². The highest BCUT2D eigenvalue weighted by Crippen LogP contribution is 2.29. The molecule has 1 unspecified atom stereocenters. The van der Waals surface area contributed by atoms with Crippen LogP contribution in [0.1, 0.15) is 12.0 Å². The molecule has 0 aliphatic carbocycles. The molecule has 0 aromatic heterocycles. The van der Waals surface area contributed by atoms with Crippen molar-refractivity contribution in [3.8, 4) is 5.75 Å². The molecular weight excluding hydrogens is 278 g/mol. The van der Waals surface area contributed by atoms with Gasteiger partial charge in [-0.05, 0) is 17.7 Å². The molecule has 1 N–H and O–H groups in total. The standard InChI is InChI=1S/C18H19NO3/c20-17(21)18(22-16-9-5-2-6-10-16)11-12-19(14-18)13-15-7-3-1-4-8-15/h1-10H,11-14H2,(H,20,21). The van der Waals surface area contributed by atoms with E-state index in [1.165, 1.54) is 5.56 Å². The molecule has 114 valence electrons. The average molecular weight is 297 g/mol. The van der Waals surface area contributed by atoms with Crippen LogP contribution in [-0.2, 0) is 11.3 Å². The first kappa shape index (κ1) is 14.6. The van der Waals surface area contributed by atoms with Gasteiger partial charge in [0.15, 0.2) is 0 Å². The SMILES string of the molecule is O=C(O)C1(Oc2ccccc2)CCN(Cc2ccccc2)C1. The van der Waals surface area contributed by atoms with Crippen LogP contribution in [0, 0.1) is 0 Å². The number of carboxylic acids is 1. The summed E-state index contributed by atoms with van der Waals surface area (Å²) in [6, 6.07) is 19.3. The lowest BCUT2D eigenvalue weighted by atomic mass is 10.0. The number of likely N-dealkylation sites (tertiary alicyclic amines) is 1. The first-order valence-corrected chi connectivity index (χ1v) is 7.42. The third kappa shape index (κ3) is 3.12. The van der Waals surface area contributed by atoms with Crippen LogP contribution in [0.15, 0.2) is 60.7 Å². The Balaban J connectivity index is 1.72. The molecule has 0 spiro atoms. The van der Waals surface area contributed by atoms with Crippen LogP contribution < -0.4 is 4.74 Å². The Kier molecular flexibility index (Phi) is 4.11. The predicted molar refractivity (Wildman–Crippen MR) is 83.8 cm³/mol. The molecule has 4 heteroatoms. The van der Waals surface area contributed by atoms with Crippen molar-refractivity contribution in [1.82, 2.24) is 4.90 Å². The molecule has 0 bridgehead atoms. The van der Waals surface area contributed by atoms with E-state index < -0.39 is 11.6 Å². The number of para-hydroxylation sites is 1. The molecule has 1 aliphatic heterocycles. The number of hydrogen-bond acceptors (Lipinski definition) is 3. The van der Waals surface area contributed by atoms with Crippen LogP contribution in [0.2, 0.25) is 0 Å². The Hall–Kier alpha value is -2.33. The zero-order valence-corrected chi connectivity index (χ0v) is 12.3. The third-order valence-corrected chi connectivity index (χ3v) is 4.01. The molecule has 0 amide bonds. The van der Waals surface area contributed by atoms with Gasteiger partial charge >= 0.3 is 5.97 Å². The van der Waals surface area contributed by atoms with E-state index in [1.54, 1.807) is 12.1 Å². The van der Waals surface area contributed by atoms with E-state index in [2.05, 4.69) is 17.0 Å². The van der Waals surface area contributed by atoms with Crippen molar-refractivity contribution in [3.63, 3.8) is 0 Å². The van der Waals surface area contributed by atoms with Gasteiger partial charge in [-0.1, -0.05) is 48.5 Å². The van der Waals surface area contributed by atoms with Crippen molar-refractivity contribution < 1.29 is 14.6 Å². The lowest BCUT2D eigenvalue weighted by Crippen LogP contribution is -2.47. The third-order valence-electron chi connectivity index (χ3n) is 4.01. The van der Waals surface area contributed by atoms with E-state index in [4.69, 9.17) is 4.74 Å². The summed E-state index contributed by atoms with van der Waals surface area (Å²) in [5, 5.41) is 9.66. The highest BCUT2D eigenvalue weighted by Gasteiger charge is 2.47. The molecular formula is C18H19NO3. The number of ether oxygens (including phenoxy) is 1. The smallest absolute Gasteiger partial charge is 0.349 e. The molecule has 1 saturated heterocycles. The van der Waals surface area contributed by atoms with E-state index in [0.717, 1.165) is 6.54 Å². The fraction of sp³-hybridized carbons (Fsp3) is 0.278. The Morgan fingerprint density at radius 2 is 1.73 bits per heavy atom. The van der Waals surface area contributed by atoms with Crippen LogP contribution in [0.3, 0.4) is 0 Å². The normalized spacial score (nSPS) is 21.6. The highest BCUT2D eigenvalue weighted by molar-refractivity contribution is 5.79. The zero-order valence-electron chi connectivity index (χ0n) is 12.3. The van der Waals surface area contributed by atoms with Crippen LogP contribution in [-0.4, -0.2) is 34.7 Å². The summed E-state index contributed by atoms with van der Waals surface area (Å²) >= 11 is 0. The number of benzene rings is 2. The number of carboxylic acid groups (broad SMARTS) is 1. The van der Waals surface area contributed by atoms with Crippen molar-refractivity contribution in [3.05, 3.63) is 66.2 Å². The van der Waals surface area contributed by atoms with Crippen molar-refractivity contribution in [1.29, 1.82) is 0 Å². The van der Waals surface area contributed by atoms with Crippen molar-refractivity contribution in [2.45, 2.75) is 18.6 Å². The van der Waals surface area contributed by atoms with Crippen molar-refractivity contribution in [2.75, 3.05) is 13.1 Å². The van der Waals surface area contributed by atoms with E-state index in [9.17, 15) is 9.90 Å². The van der Waals surface area contributed by atoms with E-state index in [-0.39, 0.29) is 0 Å². The summed E-state index contributed by atoms with van der Waals surface area (Å²) < 4.78 is 5.85. The lowest BCUT2D eigenvalue weighted by Gasteiger charge is -2.26. The second-order valence-corrected chi connectivity index (χ2v) is 5.66. The summed E-state index contributed by atoms with van der Waals surface area (Å²) in [4.78, 5) is 13.9. The first-order valence-electron chi connectivity index (χ1n) is 7.42. The molecule has 2 aromatic carbocycles. The number of rotatable bonds is 5. The van der Waals surface area contributed by atoms with Gasteiger partial charge in [0.2, 0.25) is 5.60 Å². The first-order chi connectivity index (χ1) is 10.7. The molecule has 0 saturated carbocycles. The van der Waals surface area contributed by atoms with Gasteiger partial charge in [-0.2, -0.15) is 0 Å². The summed E-state index contributed by atoms with van der Waals surface area (Å²) in [7, 11) is 0. The van der Waals surface area contributed by atoms with Gasteiger partial charge in [-0.25, -0.2) is 4.79 Å². The van der Waals surface area contributed by atoms with Gasteiger partial charge in [0.1, 0.15) is 5.75 Å². The highest BCUT2D eigenvalue weighted by atomic mass is 16.5. The van der Waals surface area contributed by atoms with Crippen LogP contribution >= 0.6 is 0 Å². The molecule has 1 atom stereocenters. The molecule has 1 fully saturated rings. The summed E-state index contributed by atoms with van der Waals surface area (Å²) in [6.45, 7) is 1.86. The molecule has 0 radical (unpaired) electrons. The molecule has 22 heavy (non-hydrogen) atoms. The van der Waals surface area contributed by atoms with Gasteiger partial charge in [-0.15, -0.1) is 0 Å². The predicted octanol–water partition coefficient (Wildman–Crippen LogP) is 2.79. The van der Waals surface area contributed by atoms with Crippen molar-refractivity contribution >= 4 is 5.97 Å². The second kappa shape index (κ2) is 6.20. The van der Waals surface area contributed by atoms with Crippen LogP contribution in [0.25, 0.3) is 0 Å². The lowest BCUT2D eigenvalue weighted by molar-refractivity contribution is -0.154. The van der Waals surface area contributed by atoms with Crippen LogP contribution in [0.4, 0.5) is 0 Å². The van der Waals surface area contributed by atoms with E-state index >= 15 is 0 Å². The topological polar surface area (TPSA) is 49.8 Å². The van der Waals surface area contributed by atoms with Crippen molar-refractivity contribution in [2.24, 2.45) is 0 Å². The maximum atomic E-state index is 11.8. The minimum Gasteiger partial charge on any atom is -0.478 e. The summed E-state index contributed by atoms with van der Waals surface area (Å²) in [6.07, 6.45) is 0.490. The maximum Gasteiger partial charge on any atom is 0.349 e. The minimum atomic E-state index is -1.16. The monoisotopic (exact) mass is 297 g/mol. The van der Waals surface area contributed by atoms with Gasteiger partial charge in [0, 0.05) is 26.1 Å². The molecule has 1 heterocycles. The van der Waals surface area contributed by atoms with Crippen LogP contribution in [0.5, 0.6) is 5.75 Å². The fourth-order valence-electron chi connectivity index (χ4n) is 2.85. The maximum absolute atomic E-state index is 11.8. The average Bonchev–Trinajstić information content (AvgIpc) is 2.93. The number of carbonyl (C=O) groups is 1. The Bertz CT molecular complexity index is 629. The zero-order chi connectivity index (χ0) is 15.4. The molecule has 3 rings (SSSR count). The second-order valence-electron chi connectivity index (χ2n) is 5.66. The van der Waals surface area contributed by atoms with Gasteiger partial charge in [0.05, 0.1) is 0 Å². The van der Waals surface area contributed by atoms with E-state index in [1.807, 2.05) is 36.4 Å². The Morgan fingerprint density at radius 3 is 2.36 bits per heavy atom. The summed E-state index contributed by atoms with van der Waals surface area (Å²) in [5.74, 6) is -0.293. The number of nitrogens with zero attached hydrogens (tertiary/aromatic N) is 1. The number of aliphatic carboxylic acids is 1. The number of hydrogen-bond donors (Lipinski definition) is 1. The minimum absolute atomic E-state index is 0.395. The Labute approximate surface area is 130 Å². The van der Waals surface area contributed by atoms with Gasteiger partial charge < -0.3 is 9.84 Å². The fourth-order valence-corrected chi connectivity index (χ4v) is 2.85. The molecule has 1 aliphatic rings. The van der Waals surface area contributed by atoms with Gasteiger partial charge in [-0.3, -0.25) is 4.90 Å².